The fraction of sp³-hybridized carbons (Fsp3) is 0.636. The van der Waals surface area contributed by atoms with E-state index in [4.69, 9.17) is 4.74 Å². The first kappa shape index (κ1) is 12.8. The number of methoxy groups -OCH3 is 1. The van der Waals surface area contributed by atoms with Crippen LogP contribution in [0.5, 0.6) is 0 Å². The molecule has 1 heterocycles. The molecule has 0 bridgehead atoms. The van der Waals surface area contributed by atoms with E-state index in [-0.39, 0.29) is 0 Å². The number of hydrogen-bond acceptors (Lipinski definition) is 4. The van der Waals surface area contributed by atoms with Gasteiger partial charge in [-0.15, -0.1) is 0 Å². The van der Waals surface area contributed by atoms with Gasteiger partial charge in [-0.2, -0.15) is 0 Å². The normalized spacial score (nSPS) is 10.8. The van der Waals surface area contributed by atoms with Crippen molar-refractivity contribution >= 4 is 5.95 Å². The van der Waals surface area contributed by atoms with Crippen molar-refractivity contribution in [2.45, 2.75) is 13.8 Å². The highest BCUT2D eigenvalue weighted by Crippen LogP contribution is 2.09. The smallest absolute Gasteiger partial charge is 0.225 e. The van der Waals surface area contributed by atoms with E-state index >= 15 is 0 Å². The number of nitrogens with zero attached hydrogens (tertiary/aromatic N) is 3. The van der Waals surface area contributed by atoms with Crippen molar-refractivity contribution in [3.63, 3.8) is 0 Å². The average molecular weight is 227 g/mol. The van der Waals surface area contributed by atoms with E-state index < -0.39 is 5.82 Å². The third-order valence-corrected chi connectivity index (χ3v) is 2.04. The highest BCUT2D eigenvalue weighted by atomic mass is 19.1. The molecule has 5 heteroatoms. The summed E-state index contributed by atoms with van der Waals surface area (Å²) in [4.78, 5) is 9.93. The topological polar surface area (TPSA) is 38.2 Å². The molecule has 0 saturated heterocycles. The van der Waals surface area contributed by atoms with Gasteiger partial charge in [-0.25, -0.2) is 14.4 Å². The second-order valence-corrected chi connectivity index (χ2v) is 4.03. The lowest BCUT2D eigenvalue weighted by Gasteiger charge is -2.23. The van der Waals surface area contributed by atoms with Crippen LogP contribution >= 0.6 is 0 Å². The molecule has 16 heavy (non-hydrogen) atoms. The Labute approximate surface area is 95.5 Å². The van der Waals surface area contributed by atoms with Gasteiger partial charge in [0.25, 0.3) is 0 Å². The summed E-state index contributed by atoms with van der Waals surface area (Å²) in [6.45, 7) is 6.37. The summed E-state index contributed by atoms with van der Waals surface area (Å²) in [5, 5.41) is 0. The molecule has 0 N–H and O–H groups in total. The molecule has 1 rings (SSSR count). The van der Waals surface area contributed by atoms with Crippen LogP contribution in [0.15, 0.2) is 12.4 Å². The number of rotatable bonds is 6. The Bertz CT molecular complexity index is 303. The Kier molecular flexibility index (Phi) is 5.11. The summed E-state index contributed by atoms with van der Waals surface area (Å²) >= 11 is 0. The number of halogens is 1. The summed E-state index contributed by atoms with van der Waals surface area (Å²) in [5.41, 5.74) is 0. The predicted octanol–water partition coefficient (Wildman–Crippen LogP) is 1.72. The van der Waals surface area contributed by atoms with E-state index in [2.05, 4.69) is 23.8 Å². The Hall–Kier alpha value is -1.23. The molecule has 4 nitrogen and oxygen atoms in total. The highest BCUT2D eigenvalue weighted by Gasteiger charge is 2.10. The lowest BCUT2D eigenvalue weighted by atomic mass is 10.2. The first-order valence-corrected chi connectivity index (χ1v) is 5.35. The van der Waals surface area contributed by atoms with Gasteiger partial charge in [0.15, 0.2) is 5.82 Å². The summed E-state index contributed by atoms with van der Waals surface area (Å²) in [7, 11) is 1.65. The second kappa shape index (κ2) is 6.37. The van der Waals surface area contributed by atoms with Gasteiger partial charge in [0.05, 0.1) is 19.0 Å². The molecule has 0 aliphatic heterocycles. The van der Waals surface area contributed by atoms with Gasteiger partial charge >= 0.3 is 0 Å². The Morgan fingerprint density at radius 1 is 1.38 bits per heavy atom. The maximum atomic E-state index is 12.7. The fourth-order valence-electron chi connectivity index (χ4n) is 1.38. The van der Waals surface area contributed by atoms with E-state index in [0.717, 1.165) is 6.54 Å². The van der Waals surface area contributed by atoms with Crippen molar-refractivity contribution < 1.29 is 9.13 Å². The zero-order valence-corrected chi connectivity index (χ0v) is 9.98. The lowest BCUT2D eigenvalue weighted by Crippen LogP contribution is -2.32. The van der Waals surface area contributed by atoms with E-state index in [1.54, 1.807) is 7.11 Å². The van der Waals surface area contributed by atoms with Crippen LogP contribution in [0.25, 0.3) is 0 Å². The molecule has 0 fully saturated rings. The van der Waals surface area contributed by atoms with Crippen molar-refractivity contribution in [3.05, 3.63) is 18.2 Å². The fourth-order valence-corrected chi connectivity index (χ4v) is 1.38. The van der Waals surface area contributed by atoms with Crippen LogP contribution in [-0.2, 0) is 4.74 Å². The molecule has 1 aromatic heterocycles. The SMILES string of the molecule is COCCN(CC(C)C)c1ncc(F)cn1. The standard InChI is InChI=1S/C11H18FN3O/c1-9(2)8-15(4-5-16-3)11-13-6-10(12)7-14-11/h6-7,9H,4-5,8H2,1-3H3. The molecule has 1 aromatic rings. The minimum atomic E-state index is -0.417. The number of hydrogen-bond donors (Lipinski definition) is 0. The van der Waals surface area contributed by atoms with Crippen LogP contribution in [0.2, 0.25) is 0 Å². The maximum absolute atomic E-state index is 12.7. The van der Waals surface area contributed by atoms with Gasteiger partial charge in [-0.1, -0.05) is 13.8 Å². The summed E-state index contributed by atoms with van der Waals surface area (Å²) < 4.78 is 17.7. The molecule has 0 aromatic carbocycles. The van der Waals surface area contributed by atoms with Crippen molar-refractivity contribution in [1.29, 1.82) is 0 Å². The monoisotopic (exact) mass is 227 g/mol. The van der Waals surface area contributed by atoms with Gasteiger partial charge in [0, 0.05) is 20.2 Å². The highest BCUT2D eigenvalue weighted by molar-refractivity contribution is 5.28. The minimum Gasteiger partial charge on any atom is -0.383 e. The summed E-state index contributed by atoms with van der Waals surface area (Å²) in [5.74, 6) is 0.623. The predicted molar refractivity (Wildman–Crippen MR) is 60.9 cm³/mol. The van der Waals surface area contributed by atoms with Crippen molar-refractivity contribution in [2.75, 3.05) is 31.7 Å². The molecule has 0 amide bonds. The second-order valence-electron chi connectivity index (χ2n) is 4.03. The third kappa shape index (κ3) is 4.10. The van der Waals surface area contributed by atoms with Crippen LogP contribution in [0.1, 0.15) is 13.8 Å². The van der Waals surface area contributed by atoms with Gasteiger partial charge in [-0.3, -0.25) is 0 Å². The minimum absolute atomic E-state index is 0.417. The molecular weight excluding hydrogens is 209 g/mol. The van der Waals surface area contributed by atoms with Gasteiger partial charge in [-0.05, 0) is 5.92 Å². The van der Waals surface area contributed by atoms with Crippen LogP contribution in [-0.4, -0.2) is 36.8 Å². The van der Waals surface area contributed by atoms with Crippen molar-refractivity contribution in [1.82, 2.24) is 9.97 Å². The quantitative estimate of drug-likeness (QED) is 0.741. The Morgan fingerprint density at radius 3 is 2.50 bits per heavy atom. The molecule has 0 atom stereocenters. The van der Waals surface area contributed by atoms with E-state index in [1.807, 2.05) is 4.90 Å². The molecule has 90 valence electrons. The molecule has 0 radical (unpaired) electrons. The zero-order chi connectivity index (χ0) is 12.0. The number of aromatic nitrogens is 2. The number of ether oxygens (including phenoxy) is 1. The summed E-state index contributed by atoms with van der Waals surface area (Å²) in [6, 6.07) is 0. The molecular formula is C11H18FN3O. The average Bonchev–Trinajstić information content (AvgIpc) is 2.25. The summed E-state index contributed by atoms with van der Waals surface area (Å²) in [6.07, 6.45) is 2.37. The zero-order valence-electron chi connectivity index (χ0n) is 9.98. The van der Waals surface area contributed by atoms with Crippen LogP contribution in [0, 0.1) is 11.7 Å². The molecule has 0 aliphatic carbocycles. The van der Waals surface area contributed by atoms with E-state index in [0.29, 0.717) is 25.0 Å². The van der Waals surface area contributed by atoms with Crippen LogP contribution in [0.4, 0.5) is 10.3 Å². The van der Waals surface area contributed by atoms with Crippen LogP contribution in [0.3, 0.4) is 0 Å². The van der Waals surface area contributed by atoms with E-state index in [1.165, 1.54) is 12.4 Å². The molecule has 0 aliphatic rings. The molecule has 0 unspecified atom stereocenters. The maximum Gasteiger partial charge on any atom is 0.225 e. The largest absolute Gasteiger partial charge is 0.383 e. The Balaban J connectivity index is 2.70. The number of anilines is 1. The first-order chi connectivity index (χ1) is 7.63. The lowest BCUT2D eigenvalue weighted by molar-refractivity contribution is 0.204. The van der Waals surface area contributed by atoms with E-state index in [9.17, 15) is 4.39 Å². The van der Waals surface area contributed by atoms with Crippen LogP contribution < -0.4 is 4.90 Å². The molecule has 0 saturated carbocycles. The van der Waals surface area contributed by atoms with Crippen molar-refractivity contribution in [2.24, 2.45) is 5.92 Å². The first-order valence-electron chi connectivity index (χ1n) is 5.35. The van der Waals surface area contributed by atoms with Crippen molar-refractivity contribution in [3.8, 4) is 0 Å². The van der Waals surface area contributed by atoms with Gasteiger partial charge in [0.1, 0.15) is 0 Å². The molecule has 0 spiro atoms. The third-order valence-electron chi connectivity index (χ3n) is 2.04. The Morgan fingerprint density at radius 2 is 2.00 bits per heavy atom. The van der Waals surface area contributed by atoms with Gasteiger partial charge in [0.2, 0.25) is 5.95 Å². The van der Waals surface area contributed by atoms with Gasteiger partial charge < -0.3 is 9.64 Å².